The second-order valence-corrected chi connectivity index (χ2v) is 4.86. The minimum Gasteiger partial charge on any atom is -0.497 e. The summed E-state index contributed by atoms with van der Waals surface area (Å²) in [6.07, 6.45) is 4.12. The molecule has 0 saturated carbocycles. The smallest absolute Gasteiger partial charge is 0.119 e. The van der Waals surface area contributed by atoms with Crippen LogP contribution < -0.4 is 10.1 Å². The van der Waals surface area contributed by atoms with E-state index in [-0.39, 0.29) is 0 Å². The van der Waals surface area contributed by atoms with Gasteiger partial charge in [0.2, 0.25) is 0 Å². The number of hydrogen-bond acceptors (Lipinski definition) is 3. The molecular weight excluding hydrogens is 236 g/mol. The van der Waals surface area contributed by atoms with Gasteiger partial charge in [-0.05, 0) is 48.2 Å². The molecule has 2 aromatic rings. The van der Waals surface area contributed by atoms with Gasteiger partial charge in [-0.15, -0.1) is 0 Å². The lowest BCUT2D eigenvalue weighted by Crippen LogP contribution is -2.19. The highest BCUT2D eigenvalue weighted by Gasteiger charge is 2.22. The minimum atomic E-state index is 0.409. The molecule has 1 atom stereocenters. The van der Waals surface area contributed by atoms with E-state index in [2.05, 4.69) is 28.5 Å². The molecule has 1 heterocycles. The van der Waals surface area contributed by atoms with Crippen molar-refractivity contribution in [1.29, 1.82) is 0 Å². The molecule has 0 aliphatic heterocycles. The number of nitrogens with one attached hydrogen (secondary N) is 1. The lowest BCUT2D eigenvalue weighted by atomic mass is 10.1. The summed E-state index contributed by atoms with van der Waals surface area (Å²) in [6, 6.07) is 12.8. The number of benzene rings is 1. The van der Waals surface area contributed by atoms with Gasteiger partial charge in [-0.2, -0.15) is 0 Å². The van der Waals surface area contributed by atoms with Crippen LogP contribution in [0.15, 0.2) is 42.6 Å². The molecule has 98 valence electrons. The Morgan fingerprint density at radius 3 is 3.05 bits per heavy atom. The Morgan fingerprint density at radius 1 is 1.32 bits per heavy atom. The van der Waals surface area contributed by atoms with Gasteiger partial charge in [-0.25, -0.2) is 0 Å². The van der Waals surface area contributed by atoms with E-state index in [1.54, 1.807) is 7.11 Å². The van der Waals surface area contributed by atoms with Crippen LogP contribution in [0.2, 0.25) is 0 Å². The first-order valence-corrected chi connectivity index (χ1v) is 6.67. The fourth-order valence-electron chi connectivity index (χ4n) is 2.65. The van der Waals surface area contributed by atoms with E-state index in [1.165, 1.54) is 11.1 Å². The van der Waals surface area contributed by atoms with E-state index in [1.807, 2.05) is 24.4 Å². The lowest BCUT2D eigenvalue weighted by Gasteiger charge is -2.14. The molecule has 0 spiro atoms. The number of pyridine rings is 1. The predicted octanol–water partition coefficient (Wildman–Crippen LogP) is 2.87. The number of methoxy groups -OCH3 is 1. The summed E-state index contributed by atoms with van der Waals surface area (Å²) in [7, 11) is 1.72. The number of aryl methyl sites for hydroxylation is 1. The average molecular weight is 254 g/mol. The summed E-state index contributed by atoms with van der Waals surface area (Å²) in [5.41, 5.74) is 3.88. The zero-order valence-electron chi connectivity index (χ0n) is 11.1. The Balaban J connectivity index is 1.72. The first-order chi connectivity index (χ1) is 9.36. The number of nitrogens with zero attached hydrogens (tertiary/aromatic N) is 1. The van der Waals surface area contributed by atoms with Crippen molar-refractivity contribution in [3.8, 4) is 5.75 Å². The SMILES string of the molecule is COc1ccc2c(c1)C(NCc1ccccn1)CC2. The molecule has 1 unspecified atom stereocenters. The molecule has 1 aliphatic carbocycles. The number of aromatic nitrogens is 1. The van der Waals surface area contributed by atoms with Crippen LogP contribution >= 0.6 is 0 Å². The molecule has 3 heteroatoms. The van der Waals surface area contributed by atoms with Crippen molar-refractivity contribution < 1.29 is 4.74 Å². The molecule has 19 heavy (non-hydrogen) atoms. The number of hydrogen-bond donors (Lipinski definition) is 1. The van der Waals surface area contributed by atoms with E-state index in [0.29, 0.717) is 6.04 Å². The topological polar surface area (TPSA) is 34.1 Å². The van der Waals surface area contributed by atoms with E-state index >= 15 is 0 Å². The molecule has 0 radical (unpaired) electrons. The van der Waals surface area contributed by atoms with Gasteiger partial charge in [-0.1, -0.05) is 12.1 Å². The second-order valence-electron chi connectivity index (χ2n) is 4.86. The summed E-state index contributed by atoms with van der Waals surface area (Å²) in [5.74, 6) is 0.935. The molecule has 3 rings (SSSR count). The van der Waals surface area contributed by atoms with Crippen LogP contribution in [0.3, 0.4) is 0 Å². The highest BCUT2D eigenvalue weighted by molar-refractivity contribution is 5.40. The maximum Gasteiger partial charge on any atom is 0.119 e. The van der Waals surface area contributed by atoms with Gasteiger partial charge in [0.1, 0.15) is 5.75 Å². The average Bonchev–Trinajstić information content (AvgIpc) is 2.88. The molecule has 1 aromatic heterocycles. The molecule has 0 bridgehead atoms. The lowest BCUT2D eigenvalue weighted by molar-refractivity contribution is 0.413. The summed E-state index contributed by atoms with van der Waals surface area (Å²) < 4.78 is 5.31. The van der Waals surface area contributed by atoms with Gasteiger partial charge in [0.15, 0.2) is 0 Å². The van der Waals surface area contributed by atoms with E-state index < -0.39 is 0 Å². The van der Waals surface area contributed by atoms with Gasteiger partial charge >= 0.3 is 0 Å². The van der Waals surface area contributed by atoms with Crippen LogP contribution in [0.1, 0.15) is 29.3 Å². The maximum absolute atomic E-state index is 5.31. The van der Waals surface area contributed by atoms with Crippen molar-refractivity contribution in [2.24, 2.45) is 0 Å². The fraction of sp³-hybridized carbons (Fsp3) is 0.312. The second kappa shape index (κ2) is 5.41. The third-order valence-corrected chi connectivity index (χ3v) is 3.69. The first-order valence-electron chi connectivity index (χ1n) is 6.67. The van der Waals surface area contributed by atoms with Crippen molar-refractivity contribution in [1.82, 2.24) is 10.3 Å². The number of fused-ring (bicyclic) bond motifs is 1. The van der Waals surface area contributed by atoms with E-state index in [4.69, 9.17) is 4.74 Å². The van der Waals surface area contributed by atoms with Gasteiger partial charge in [-0.3, -0.25) is 4.98 Å². The zero-order chi connectivity index (χ0) is 13.1. The van der Waals surface area contributed by atoms with Gasteiger partial charge in [0.25, 0.3) is 0 Å². The van der Waals surface area contributed by atoms with Crippen molar-refractivity contribution in [3.63, 3.8) is 0 Å². The van der Waals surface area contributed by atoms with Gasteiger partial charge in [0.05, 0.1) is 12.8 Å². The zero-order valence-corrected chi connectivity index (χ0v) is 11.1. The van der Waals surface area contributed by atoms with E-state index in [9.17, 15) is 0 Å². The number of ether oxygens (including phenoxy) is 1. The van der Waals surface area contributed by atoms with E-state index in [0.717, 1.165) is 30.8 Å². The number of rotatable bonds is 4. The highest BCUT2D eigenvalue weighted by atomic mass is 16.5. The molecule has 0 saturated heterocycles. The molecule has 3 nitrogen and oxygen atoms in total. The Bertz CT molecular complexity index is 554. The van der Waals surface area contributed by atoms with Gasteiger partial charge in [0, 0.05) is 18.8 Å². The summed E-state index contributed by atoms with van der Waals surface area (Å²) in [6.45, 7) is 0.808. The summed E-state index contributed by atoms with van der Waals surface area (Å²) in [5, 5.41) is 3.59. The van der Waals surface area contributed by atoms with Crippen LogP contribution in [0.25, 0.3) is 0 Å². The standard InChI is InChI=1S/C16H18N2O/c1-19-14-7-5-12-6-8-16(15(12)10-14)18-11-13-4-2-3-9-17-13/h2-5,7,9-10,16,18H,6,8,11H2,1H3. The monoisotopic (exact) mass is 254 g/mol. The van der Waals surface area contributed by atoms with Crippen molar-refractivity contribution in [2.75, 3.05) is 7.11 Å². The fourth-order valence-corrected chi connectivity index (χ4v) is 2.65. The molecule has 1 N–H and O–H groups in total. The van der Waals surface area contributed by atoms with Gasteiger partial charge < -0.3 is 10.1 Å². The maximum atomic E-state index is 5.31. The predicted molar refractivity (Wildman–Crippen MR) is 75.1 cm³/mol. The van der Waals surface area contributed by atoms with Crippen molar-refractivity contribution in [2.45, 2.75) is 25.4 Å². The van der Waals surface area contributed by atoms with Crippen LogP contribution in [0, 0.1) is 0 Å². The Morgan fingerprint density at radius 2 is 2.26 bits per heavy atom. The Kier molecular flexibility index (Phi) is 3.47. The van der Waals surface area contributed by atoms with Crippen LogP contribution in [-0.2, 0) is 13.0 Å². The van der Waals surface area contributed by atoms with Crippen LogP contribution in [0.4, 0.5) is 0 Å². The summed E-state index contributed by atoms with van der Waals surface area (Å²) in [4.78, 5) is 4.34. The van der Waals surface area contributed by atoms with Crippen molar-refractivity contribution >= 4 is 0 Å². The molecular formula is C16H18N2O. The Labute approximate surface area is 113 Å². The minimum absolute atomic E-state index is 0.409. The first kappa shape index (κ1) is 12.2. The molecule has 1 aliphatic rings. The normalized spacial score (nSPS) is 17.2. The largest absolute Gasteiger partial charge is 0.497 e. The van der Waals surface area contributed by atoms with Crippen molar-refractivity contribution in [3.05, 3.63) is 59.4 Å². The third kappa shape index (κ3) is 2.61. The third-order valence-electron chi connectivity index (χ3n) is 3.69. The van der Waals surface area contributed by atoms with Crippen LogP contribution in [0.5, 0.6) is 5.75 Å². The van der Waals surface area contributed by atoms with Crippen LogP contribution in [-0.4, -0.2) is 12.1 Å². The Hall–Kier alpha value is -1.87. The molecule has 0 amide bonds. The molecule has 1 aromatic carbocycles. The molecule has 0 fully saturated rings. The quantitative estimate of drug-likeness (QED) is 0.911. The highest BCUT2D eigenvalue weighted by Crippen LogP contribution is 2.33. The summed E-state index contributed by atoms with van der Waals surface area (Å²) >= 11 is 0.